The summed E-state index contributed by atoms with van der Waals surface area (Å²) in [5, 5.41) is 3.18. The van der Waals surface area contributed by atoms with Crippen molar-refractivity contribution in [2.45, 2.75) is 13.3 Å². The highest BCUT2D eigenvalue weighted by atomic mass is 32.2. The molecule has 1 N–H and O–H groups in total. The Morgan fingerprint density at radius 1 is 1.16 bits per heavy atom. The van der Waals surface area contributed by atoms with E-state index in [2.05, 4.69) is 5.32 Å². The molecule has 0 bridgehead atoms. The summed E-state index contributed by atoms with van der Waals surface area (Å²) in [5.41, 5.74) is 0.668. The van der Waals surface area contributed by atoms with Gasteiger partial charge in [0, 0.05) is 20.6 Å². The van der Waals surface area contributed by atoms with Crippen molar-refractivity contribution in [1.29, 1.82) is 0 Å². The molecule has 1 rings (SSSR count). The van der Waals surface area contributed by atoms with Crippen LogP contribution in [0, 0.1) is 0 Å². The van der Waals surface area contributed by atoms with E-state index < -0.39 is 10.2 Å². The predicted molar refractivity (Wildman–Crippen MR) is 79.6 cm³/mol. The van der Waals surface area contributed by atoms with Crippen molar-refractivity contribution >= 4 is 15.9 Å². The van der Waals surface area contributed by atoms with Gasteiger partial charge in [0.2, 0.25) is 0 Å². The maximum atomic E-state index is 12.3. The highest BCUT2D eigenvalue weighted by Gasteiger charge is 2.23. The van der Waals surface area contributed by atoms with Gasteiger partial charge in [-0.05, 0) is 31.6 Å². The summed E-state index contributed by atoms with van der Waals surface area (Å²) in [6.07, 6.45) is 0.798. The van der Waals surface area contributed by atoms with Crippen LogP contribution < -0.4 is 9.62 Å². The molecule has 0 aliphatic carbocycles. The fourth-order valence-electron chi connectivity index (χ4n) is 1.70. The molecule has 19 heavy (non-hydrogen) atoms. The zero-order valence-corrected chi connectivity index (χ0v) is 12.7. The molecule has 1 aromatic rings. The van der Waals surface area contributed by atoms with Crippen LogP contribution in [-0.2, 0) is 10.2 Å². The molecule has 0 saturated heterocycles. The second-order valence-electron chi connectivity index (χ2n) is 4.34. The average molecular weight is 285 g/mol. The van der Waals surface area contributed by atoms with E-state index >= 15 is 0 Å². The molecule has 1 aromatic carbocycles. The Hall–Kier alpha value is -1.11. The van der Waals surface area contributed by atoms with Crippen molar-refractivity contribution in [3.8, 4) is 0 Å². The molecule has 0 saturated carbocycles. The average Bonchev–Trinajstić information content (AvgIpc) is 2.43. The van der Waals surface area contributed by atoms with Crippen molar-refractivity contribution in [1.82, 2.24) is 9.62 Å². The van der Waals surface area contributed by atoms with Crippen molar-refractivity contribution < 1.29 is 8.42 Å². The fraction of sp³-hybridized carbons (Fsp3) is 0.538. The molecular formula is C13H23N3O2S. The lowest BCUT2D eigenvalue weighted by molar-refractivity contribution is 0.454. The predicted octanol–water partition coefficient (Wildman–Crippen LogP) is 1.30. The minimum atomic E-state index is -3.44. The third-order valence-electron chi connectivity index (χ3n) is 2.94. The molecule has 0 amide bonds. The number of anilines is 1. The van der Waals surface area contributed by atoms with Crippen molar-refractivity contribution in [2.75, 3.05) is 38.0 Å². The van der Waals surface area contributed by atoms with Crippen LogP contribution in [0.5, 0.6) is 0 Å². The largest absolute Gasteiger partial charge is 0.317 e. The second-order valence-corrected chi connectivity index (χ2v) is 6.41. The molecular weight excluding hydrogens is 262 g/mol. The molecule has 0 unspecified atom stereocenters. The molecule has 0 radical (unpaired) electrons. The van der Waals surface area contributed by atoms with Gasteiger partial charge in [-0.15, -0.1) is 0 Å². The van der Waals surface area contributed by atoms with Gasteiger partial charge in [0.25, 0.3) is 0 Å². The number of hydrogen-bond acceptors (Lipinski definition) is 3. The second kappa shape index (κ2) is 7.47. The monoisotopic (exact) mass is 285 g/mol. The highest BCUT2D eigenvalue weighted by molar-refractivity contribution is 7.90. The zero-order chi connectivity index (χ0) is 14.3. The van der Waals surface area contributed by atoms with Crippen LogP contribution in [0.3, 0.4) is 0 Å². The first-order valence-electron chi connectivity index (χ1n) is 6.46. The quantitative estimate of drug-likeness (QED) is 0.733. The zero-order valence-electron chi connectivity index (χ0n) is 11.8. The Labute approximate surface area is 116 Å². The lowest BCUT2D eigenvalue weighted by atomic mass is 10.3. The molecule has 0 aliphatic rings. The van der Waals surface area contributed by atoms with E-state index in [1.54, 1.807) is 26.2 Å². The van der Waals surface area contributed by atoms with Crippen LogP contribution in [0.15, 0.2) is 30.3 Å². The van der Waals surface area contributed by atoms with Crippen molar-refractivity contribution in [3.05, 3.63) is 30.3 Å². The Bertz CT molecular complexity index is 462. The van der Waals surface area contributed by atoms with Crippen LogP contribution in [-0.4, -0.2) is 46.5 Å². The molecule has 0 aromatic heterocycles. The van der Waals surface area contributed by atoms with E-state index in [0.717, 1.165) is 19.5 Å². The summed E-state index contributed by atoms with van der Waals surface area (Å²) in [6.45, 7) is 4.27. The summed E-state index contributed by atoms with van der Waals surface area (Å²) in [4.78, 5) is 0. The van der Waals surface area contributed by atoms with Gasteiger partial charge >= 0.3 is 10.2 Å². The van der Waals surface area contributed by atoms with Gasteiger partial charge in [0.1, 0.15) is 0 Å². The Morgan fingerprint density at radius 3 is 2.37 bits per heavy atom. The van der Waals surface area contributed by atoms with E-state index in [1.807, 2.05) is 25.1 Å². The van der Waals surface area contributed by atoms with E-state index in [-0.39, 0.29) is 0 Å². The molecule has 108 valence electrons. The highest BCUT2D eigenvalue weighted by Crippen LogP contribution is 2.17. The fourth-order valence-corrected chi connectivity index (χ4v) is 2.87. The molecule has 0 fully saturated rings. The summed E-state index contributed by atoms with van der Waals surface area (Å²) in [7, 11) is -0.254. The van der Waals surface area contributed by atoms with Gasteiger partial charge < -0.3 is 5.32 Å². The van der Waals surface area contributed by atoms with Gasteiger partial charge in [0.05, 0.1) is 5.69 Å². The van der Waals surface area contributed by atoms with E-state index in [1.165, 1.54) is 8.61 Å². The lowest BCUT2D eigenvalue weighted by Crippen LogP contribution is -2.40. The molecule has 6 heteroatoms. The van der Waals surface area contributed by atoms with Crippen molar-refractivity contribution in [2.24, 2.45) is 0 Å². The topological polar surface area (TPSA) is 52.7 Å². The van der Waals surface area contributed by atoms with Gasteiger partial charge in [-0.2, -0.15) is 12.7 Å². The maximum absolute atomic E-state index is 12.3. The minimum absolute atomic E-state index is 0.506. The summed E-state index contributed by atoms with van der Waals surface area (Å²) in [6, 6.07) is 9.08. The summed E-state index contributed by atoms with van der Waals surface area (Å²) >= 11 is 0. The number of nitrogens with zero attached hydrogens (tertiary/aromatic N) is 2. The Balaban J connectivity index is 2.64. The normalized spacial score (nSPS) is 11.8. The Kier molecular flexibility index (Phi) is 6.27. The number of hydrogen-bond donors (Lipinski definition) is 1. The van der Waals surface area contributed by atoms with Gasteiger partial charge in [-0.25, -0.2) is 0 Å². The third-order valence-corrected chi connectivity index (χ3v) is 4.81. The number of rotatable bonds is 8. The van der Waals surface area contributed by atoms with E-state index in [0.29, 0.717) is 12.2 Å². The van der Waals surface area contributed by atoms with E-state index in [9.17, 15) is 8.42 Å². The van der Waals surface area contributed by atoms with Crippen LogP contribution in [0.2, 0.25) is 0 Å². The van der Waals surface area contributed by atoms with Gasteiger partial charge in [-0.1, -0.05) is 25.1 Å². The molecule has 5 nitrogen and oxygen atoms in total. The molecule has 0 atom stereocenters. The Morgan fingerprint density at radius 2 is 1.79 bits per heavy atom. The first-order valence-corrected chi connectivity index (χ1v) is 7.85. The van der Waals surface area contributed by atoms with Crippen LogP contribution in [0.25, 0.3) is 0 Å². The van der Waals surface area contributed by atoms with Gasteiger partial charge in [0.15, 0.2) is 0 Å². The van der Waals surface area contributed by atoms with Crippen LogP contribution >= 0.6 is 0 Å². The number of nitrogens with one attached hydrogen (secondary N) is 1. The SMILES string of the molecule is CCNCCCN(C)S(=O)(=O)N(C)c1ccccc1. The lowest BCUT2D eigenvalue weighted by Gasteiger charge is -2.25. The van der Waals surface area contributed by atoms with E-state index in [4.69, 9.17) is 0 Å². The first-order chi connectivity index (χ1) is 9.00. The molecule has 0 heterocycles. The van der Waals surface area contributed by atoms with Crippen LogP contribution in [0.1, 0.15) is 13.3 Å². The summed E-state index contributed by atoms with van der Waals surface area (Å²) in [5.74, 6) is 0. The smallest absolute Gasteiger partial charge is 0.303 e. The van der Waals surface area contributed by atoms with Crippen LogP contribution in [0.4, 0.5) is 5.69 Å². The maximum Gasteiger partial charge on any atom is 0.303 e. The molecule has 0 aliphatic heterocycles. The first kappa shape index (κ1) is 15.9. The summed E-state index contributed by atoms with van der Waals surface area (Å²) < 4.78 is 27.3. The molecule has 0 spiro atoms. The standard InChI is InChI=1S/C13H23N3O2S/c1-4-14-11-8-12-15(2)19(17,18)16(3)13-9-6-5-7-10-13/h5-7,9-10,14H,4,8,11-12H2,1-3H3. The minimum Gasteiger partial charge on any atom is -0.317 e. The third kappa shape index (κ3) is 4.49. The van der Waals surface area contributed by atoms with Gasteiger partial charge in [-0.3, -0.25) is 4.31 Å². The number of benzene rings is 1. The number of para-hydroxylation sites is 1. The van der Waals surface area contributed by atoms with Crippen molar-refractivity contribution in [3.63, 3.8) is 0 Å².